The molecule has 0 heterocycles. The van der Waals surface area contributed by atoms with E-state index in [0.29, 0.717) is 0 Å². The van der Waals surface area contributed by atoms with Gasteiger partial charge in [-0.3, -0.25) is 0 Å². The van der Waals surface area contributed by atoms with Gasteiger partial charge in [-0.15, -0.1) is 24.8 Å². The van der Waals surface area contributed by atoms with Crippen molar-refractivity contribution in [2.45, 2.75) is 92.1 Å². The first-order valence-corrected chi connectivity index (χ1v) is 31.7. The standard InChI is InChI=1S/C14H22N.C5H5.C4H9.2CH3.2ClH.Hf.H2Si/c1-13(2,3)10-7-8-11(12(15)9-10)14(4,5)6;1-2-4-5-3-1;1-4(2)3;;;;;;/h7-9,15H,1-6H3;1-3H,4H2;1-3H3;2*1H3;2*1H;;1H2/q-1;;;;;;;+1;. The molecular weight excluding hydrogens is 592 g/mol. The first kappa shape index (κ1) is 30.2. The van der Waals surface area contributed by atoms with E-state index in [9.17, 15) is 0 Å². The van der Waals surface area contributed by atoms with Crippen LogP contribution in [0.5, 0.6) is 0 Å². The van der Waals surface area contributed by atoms with Gasteiger partial charge in [0.05, 0.1) is 0 Å². The van der Waals surface area contributed by atoms with Gasteiger partial charge in [0.25, 0.3) is 0 Å². The third-order valence-electron chi connectivity index (χ3n) is 8.03. The van der Waals surface area contributed by atoms with Crippen LogP contribution >= 0.6 is 24.8 Å². The normalized spacial score (nSPS) is 17.2. The number of allylic oxidation sites excluding steroid dienone is 4. The molecule has 5 heteroatoms. The maximum absolute atomic E-state index is 4.39. The second-order valence-electron chi connectivity index (χ2n) is 13.6. The first-order valence-electron chi connectivity index (χ1n) is 10.8. The molecular formula is C25H46Cl2HfNSi. The fourth-order valence-electron chi connectivity index (χ4n) is 4.15. The van der Waals surface area contributed by atoms with Crippen molar-refractivity contribution < 1.29 is 15.9 Å². The van der Waals surface area contributed by atoms with E-state index in [1.165, 1.54) is 16.8 Å². The molecule has 1 aromatic rings. The molecule has 30 heavy (non-hydrogen) atoms. The van der Waals surface area contributed by atoms with E-state index in [2.05, 4.69) is 118 Å². The molecule has 0 fully saturated rings. The van der Waals surface area contributed by atoms with Gasteiger partial charge in [-0.1, -0.05) is 0 Å². The van der Waals surface area contributed by atoms with Gasteiger partial charge in [0.1, 0.15) is 0 Å². The van der Waals surface area contributed by atoms with Crippen LogP contribution in [-0.2, 0) is 26.8 Å². The quantitative estimate of drug-likeness (QED) is 0.328. The van der Waals surface area contributed by atoms with E-state index in [0.717, 1.165) is 6.42 Å². The summed E-state index contributed by atoms with van der Waals surface area (Å²) in [7, 11) is 0. The average Bonchev–Trinajstić information content (AvgIpc) is 2.98. The van der Waals surface area contributed by atoms with Crippen molar-refractivity contribution in [1.82, 2.24) is 0 Å². The zero-order valence-corrected chi connectivity index (χ0v) is 27.8. The molecule has 0 unspecified atom stereocenters. The van der Waals surface area contributed by atoms with Gasteiger partial charge < -0.3 is 0 Å². The second-order valence-corrected chi connectivity index (χ2v) is 68.4. The van der Waals surface area contributed by atoms with Gasteiger partial charge in [0.15, 0.2) is 0 Å². The van der Waals surface area contributed by atoms with E-state index in [4.69, 9.17) is 0 Å². The summed E-state index contributed by atoms with van der Waals surface area (Å²) in [4.78, 5) is 0. The molecule has 0 radical (unpaired) electrons. The van der Waals surface area contributed by atoms with Crippen molar-refractivity contribution in [3.63, 3.8) is 0 Å². The fourth-order valence-corrected chi connectivity index (χ4v) is 23.3. The van der Waals surface area contributed by atoms with Crippen LogP contribution < -0.4 is 3.30 Å². The topological polar surface area (TPSA) is 12.0 Å². The Morgan fingerprint density at radius 2 is 1.40 bits per heavy atom. The van der Waals surface area contributed by atoms with Gasteiger partial charge in [-0.05, 0) is 0 Å². The van der Waals surface area contributed by atoms with E-state index in [1.54, 1.807) is 3.33 Å². The Balaban J connectivity index is 0.00000420. The number of rotatable bonds is 3. The third-order valence-corrected chi connectivity index (χ3v) is 56.0. The zero-order chi connectivity index (χ0) is 21.9. The predicted octanol–water partition coefficient (Wildman–Crippen LogP) is 8.38. The Kier molecular flexibility index (Phi) is 8.23. The Labute approximate surface area is 198 Å². The molecule has 0 saturated heterocycles. The SMILES string of the molecule is CC(C)(C)c1ccc(C(C)(C)C)c([NH][Hf]([CH3])([CH3])(=[SiH2])([C]2=CC=CC2)[C](C)(C)C)c1.Cl.Cl. The number of halogens is 2. The fraction of sp³-hybridized carbons (Fsp3) is 0.600. The van der Waals surface area contributed by atoms with Crippen LogP contribution in [0.3, 0.4) is 0 Å². The number of nitrogens with one attached hydrogen (secondary N) is 1. The van der Waals surface area contributed by atoms with E-state index in [-0.39, 0.29) is 38.8 Å². The molecule has 0 aliphatic heterocycles. The molecule has 0 atom stereocenters. The molecule has 0 bridgehead atoms. The predicted molar refractivity (Wildman–Crippen MR) is 144 cm³/mol. The molecule has 0 aromatic heterocycles. The van der Waals surface area contributed by atoms with Gasteiger partial charge in [-0.25, -0.2) is 0 Å². The minimum absolute atomic E-state index is 0. The minimum atomic E-state index is -4.22. The minimum Gasteiger partial charge on any atom is -0.147 e. The molecule has 2 rings (SSSR count). The zero-order valence-electron chi connectivity index (χ0n) is 21.2. The average molecular weight is 638 g/mol. The molecule has 1 N–H and O–H groups in total. The number of hydrogen-bond donors (Lipinski definition) is 1. The number of hydrogen-bond acceptors (Lipinski definition) is 1. The monoisotopic (exact) mass is 638 g/mol. The Morgan fingerprint density at radius 3 is 1.77 bits per heavy atom. The Morgan fingerprint density at radius 1 is 0.867 bits per heavy atom. The van der Waals surface area contributed by atoms with E-state index < -0.39 is 15.9 Å². The Bertz CT molecular complexity index is 945. The van der Waals surface area contributed by atoms with Crippen LogP contribution in [0.25, 0.3) is 0 Å². The summed E-state index contributed by atoms with van der Waals surface area (Å²) in [6.45, 7) is 23.6. The summed E-state index contributed by atoms with van der Waals surface area (Å²) < 4.78 is 11.5. The molecule has 1 aromatic carbocycles. The van der Waals surface area contributed by atoms with Gasteiger partial charge in [0, 0.05) is 0 Å². The second kappa shape index (κ2) is 8.19. The van der Waals surface area contributed by atoms with Crippen LogP contribution in [0, 0.1) is 0 Å². The van der Waals surface area contributed by atoms with E-state index in [1.807, 2.05) is 0 Å². The summed E-state index contributed by atoms with van der Waals surface area (Å²) in [5, 5.41) is 0. The summed E-state index contributed by atoms with van der Waals surface area (Å²) in [6, 6.07) is 7.15. The first-order chi connectivity index (χ1) is 12.2. The Hall–Kier alpha value is 0.167. The summed E-state index contributed by atoms with van der Waals surface area (Å²) >= 11 is -4.22. The van der Waals surface area contributed by atoms with Crippen LogP contribution in [0.15, 0.2) is 39.8 Å². The van der Waals surface area contributed by atoms with Crippen LogP contribution in [-0.4, -0.2) is 6.94 Å². The number of anilines is 1. The third kappa shape index (κ3) is 5.05. The van der Waals surface area contributed by atoms with Crippen molar-refractivity contribution in [3.8, 4) is 0 Å². The smallest absolute Gasteiger partial charge is 0.147 e. The maximum Gasteiger partial charge on any atom is -0.147 e. The van der Waals surface area contributed by atoms with Crippen LogP contribution in [0.2, 0.25) is 12.5 Å². The molecule has 0 spiro atoms. The summed E-state index contributed by atoms with van der Waals surface area (Å²) in [5.74, 6) is 0. The van der Waals surface area contributed by atoms with Crippen LogP contribution in [0.1, 0.15) is 79.9 Å². The molecule has 0 amide bonds. The van der Waals surface area contributed by atoms with Crippen molar-refractivity contribution >= 4 is 37.4 Å². The van der Waals surface area contributed by atoms with Crippen molar-refractivity contribution in [3.05, 3.63) is 50.9 Å². The molecule has 173 valence electrons. The maximum atomic E-state index is 4.39. The number of benzene rings is 1. The molecule has 1 aliphatic carbocycles. The van der Waals surface area contributed by atoms with Gasteiger partial charge in [0.2, 0.25) is 0 Å². The van der Waals surface area contributed by atoms with Crippen molar-refractivity contribution in [2.24, 2.45) is 0 Å². The molecule has 0 saturated carbocycles. The van der Waals surface area contributed by atoms with Crippen molar-refractivity contribution in [1.29, 1.82) is 0 Å². The van der Waals surface area contributed by atoms with Crippen molar-refractivity contribution in [2.75, 3.05) is 3.30 Å². The summed E-state index contributed by atoms with van der Waals surface area (Å²) in [5.41, 5.74) is 4.41. The molecule has 1 nitrogen and oxygen atoms in total. The summed E-state index contributed by atoms with van der Waals surface area (Å²) in [6.07, 6.45) is 8.09. The largest absolute Gasteiger partial charge is 0.147 e. The molecule has 1 aliphatic rings. The van der Waals surface area contributed by atoms with Crippen LogP contribution in [0.4, 0.5) is 5.69 Å². The van der Waals surface area contributed by atoms with Gasteiger partial charge >= 0.3 is 175 Å². The van der Waals surface area contributed by atoms with E-state index >= 15 is 0 Å². The van der Waals surface area contributed by atoms with Gasteiger partial charge in [-0.2, -0.15) is 0 Å².